The average molecular weight is 225 g/mol. The molecule has 0 aromatic rings. The lowest BCUT2D eigenvalue weighted by molar-refractivity contribution is 0.142. The third-order valence-corrected chi connectivity index (χ3v) is 1.86. The summed E-state index contributed by atoms with van der Waals surface area (Å²) in [6.07, 6.45) is -1.13. The van der Waals surface area contributed by atoms with E-state index in [2.05, 4.69) is 10.1 Å². The summed E-state index contributed by atoms with van der Waals surface area (Å²) in [5, 5.41) is 2.49. The van der Waals surface area contributed by atoms with Gasteiger partial charge in [0.1, 0.15) is 6.61 Å². The van der Waals surface area contributed by atoms with Gasteiger partial charge in [-0.05, 0) is 20.8 Å². The summed E-state index contributed by atoms with van der Waals surface area (Å²) in [4.78, 5) is 27.9. The van der Waals surface area contributed by atoms with E-state index in [0.29, 0.717) is 0 Å². The van der Waals surface area contributed by atoms with Gasteiger partial charge in [-0.15, -0.1) is 0 Å². The summed E-state index contributed by atoms with van der Waals surface area (Å²) >= 11 is 0. The number of carbonyl (C=O) groups is 1. The predicted octanol–water partition coefficient (Wildman–Crippen LogP) is 0.689. The molecule has 0 aliphatic rings. The Kier molecular flexibility index (Phi) is 4.58. The molecule has 0 unspecified atom stereocenters. The van der Waals surface area contributed by atoms with Gasteiger partial charge in [-0.25, -0.2) is 4.79 Å². The first-order chi connectivity index (χ1) is 6.10. The molecule has 14 heavy (non-hydrogen) atoms. The van der Waals surface area contributed by atoms with Crippen molar-refractivity contribution >= 4 is 13.7 Å². The van der Waals surface area contributed by atoms with Crippen LogP contribution in [0.4, 0.5) is 4.79 Å². The van der Waals surface area contributed by atoms with E-state index >= 15 is 0 Å². The van der Waals surface area contributed by atoms with Gasteiger partial charge in [0.2, 0.25) is 0 Å². The summed E-state index contributed by atoms with van der Waals surface area (Å²) in [5.74, 6) is 0. The normalized spacial score (nSPS) is 12.4. The van der Waals surface area contributed by atoms with Crippen LogP contribution in [0.5, 0.6) is 0 Å². The Bertz CT molecular complexity index is 241. The Morgan fingerprint density at radius 1 is 1.43 bits per heavy atom. The molecule has 0 radical (unpaired) electrons. The second-order valence-corrected chi connectivity index (χ2v) is 5.68. The molecule has 0 fully saturated rings. The molecule has 0 aliphatic heterocycles. The van der Waals surface area contributed by atoms with Gasteiger partial charge in [0.25, 0.3) is 0 Å². The van der Waals surface area contributed by atoms with Crippen molar-refractivity contribution in [2.45, 2.75) is 26.3 Å². The SMILES string of the molecule is CC(C)(C)NC(=O)OCCP(=O)(O)O. The number of alkyl carbamates (subject to hydrolysis) is 1. The minimum absolute atomic E-state index is 0.286. The summed E-state index contributed by atoms with van der Waals surface area (Å²) < 4.78 is 14.9. The first-order valence-electron chi connectivity index (χ1n) is 4.10. The Morgan fingerprint density at radius 2 is 1.93 bits per heavy atom. The molecular formula is C7H16NO5P. The molecule has 0 spiro atoms. The summed E-state index contributed by atoms with van der Waals surface area (Å²) in [6, 6.07) is 0. The Hall–Kier alpha value is -0.580. The van der Waals surface area contributed by atoms with Gasteiger partial charge >= 0.3 is 13.7 Å². The van der Waals surface area contributed by atoms with E-state index in [-0.39, 0.29) is 6.61 Å². The van der Waals surface area contributed by atoms with Gasteiger partial charge in [0.05, 0.1) is 6.16 Å². The third kappa shape index (κ3) is 9.51. The molecule has 0 heterocycles. The quantitative estimate of drug-likeness (QED) is 0.614. The number of rotatable bonds is 3. The van der Waals surface area contributed by atoms with Crippen LogP contribution < -0.4 is 5.32 Å². The number of nitrogens with one attached hydrogen (secondary N) is 1. The maximum absolute atomic E-state index is 11.0. The first-order valence-corrected chi connectivity index (χ1v) is 5.89. The highest BCUT2D eigenvalue weighted by atomic mass is 31.2. The molecule has 3 N–H and O–H groups in total. The van der Waals surface area contributed by atoms with Crippen LogP contribution in [0, 0.1) is 0 Å². The van der Waals surface area contributed by atoms with Crippen LogP contribution in [-0.4, -0.2) is 34.2 Å². The lowest BCUT2D eigenvalue weighted by Gasteiger charge is -2.19. The van der Waals surface area contributed by atoms with Crippen LogP contribution in [0.2, 0.25) is 0 Å². The lowest BCUT2D eigenvalue weighted by Crippen LogP contribution is -2.41. The fourth-order valence-corrected chi connectivity index (χ4v) is 0.929. The highest BCUT2D eigenvalue weighted by molar-refractivity contribution is 7.51. The van der Waals surface area contributed by atoms with Gasteiger partial charge in [0, 0.05) is 5.54 Å². The van der Waals surface area contributed by atoms with E-state index in [1.54, 1.807) is 20.8 Å². The molecule has 0 aromatic heterocycles. The van der Waals surface area contributed by atoms with Gasteiger partial charge < -0.3 is 19.8 Å². The van der Waals surface area contributed by atoms with E-state index in [0.717, 1.165) is 0 Å². The Balaban J connectivity index is 3.72. The van der Waals surface area contributed by atoms with Crippen molar-refractivity contribution in [1.29, 1.82) is 0 Å². The zero-order valence-corrected chi connectivity index (χ0v) is 9.38. The fraction of sp³-hybridized carbons (Fsp3) is 0.857. The predicted molar refractivity (Wildman–Crippen MR) is 51.1 cm³/mol. The zero-order chi connectivity index (χ0) is 11.4. The van der Waals surface area contributed by atoms with Crippen LogP contribution in [0.25, 0.3) is 0 Å². The number of amides is 1. The van der Waals surface area contributed by atoms with Crippen LogP contribution >= 0.6 is 7.60 Å². The second kappa shape index (κ2) is 4.77. The molecule has 0 aromatic carbocycles. The number of ether oxygens (including phenoxy) is 1. The number of hydrogen-bond acceptors (Lipinski definition) is 3. The van der Waals surface area contributed by atoms with Crippen molar-refractivity contribution in [2.24, 2.45) is 0 Å². The topological polar surface area (TPSA) is 95.9 Å². The Labute approximate surface area is 82.8 Å². The minimum Gasteiger partial charge on any atom is -0.449 e. The highest BCUT2D eigenvalue weighted by Gasteiger charge is 2.17. The maximum atomic E-state index is 11.0. The number of carbonyl (C=O) groups excluding carboxylic acids is 1. The molecule has 84 valence electrons. The standard InChI is InChI=1S/C7H16NO5P/c1-7(2,3)8-6(9)13-4-5-14(10,11)12/h4-5H2,1-3H3,(H,8,9)(H2,10,11,12). The monoisotopic (exact) mass is 225 g/mol. The molecule has 7 heteroatoms. The summed E-state index contributed by atoms with van der Waals surface area (Å²) in [7, 11) is -4.08. The molecule has 0 bridgehead atoms. The summed E-state index contributed by atoms with van der Waals surface area (Å²) in [6.45, 7) is 5.04. The van der Waals surface area contributed by atoms with E-state index in [1.165, 1.54) is 0 Å². The smallest absolute Gasteiger partial charge is 0.407 e. The lowest BCUT2D eigenvalue weighted by atomic mass is 10.1. The zero-order valence-electron chi connectivity index (χ0n) is 8.48. The maximum Gasteiger partial charge on any atom is 0.407 e. The van der Waals surface area contributed by atoms with Crippen LogP contribution in [0.3, 0.4) is 0 Å². The van der Waals surface area contributed by atoms with Crippen LogP contribution in [-0.2, 0) is 9.30 Å². The highest BCUT2D eigenvalue weighted by Crippen LogP contribution is 2.33. The van der Waals surface area contributed by atoms with Crippen molar-refractivity contribution < 1.29 is 23.9 Å². The molecule has 0 atom stereocenters. The van der Waals surface area contributed by atoms with E-state index in [9.17, 15) is 9.36 Å². The molecule has 6 nitrogen and oxygen atoms in total. The second-order valence-electron chi connectivity index (χ2n) is 3.90. The molecule has 1 amide bonds. The molecular weight excluding hydrogens is 209 g/mol. The van der Waals surface area contributed by atoms with Gasteiger partial charge in [0.15, 0.2) is 0 Å². The minimum atomic E-state index is -4.08. The number of hydrogen-bond donors (Lipinski definition) is 3. The Morgan fingerprint density at radius 3 is 2.29 bits per heavy atom. The average Bonchev–Trinajstić information content (AvgIpc) is 1.78. The molecule has 0 saturated heterocycles. The molecule has 0 rings (SSSR count). The molecule has 0 saturated carbocycles. The van der Waals surface area contributed by atoms with Gasteiger partial charge in [-0.2, -0.15) is 0 Å². The molecule has 0 aliphatic carbocycles. The van der Waals surface area contributed by atoms with Crippen molar-refractivity contribution in [3.63, 3.8) is 0 Å². The van der Waals surface area contributed by atoms with Gasteiger partial charge in [-0.1, -0.05) is 0 Å². The van der Waals surface area contributed by atoms with E-state index in [4.69, 9.17) is 9.79 Å². The van der Waals surface area contributed by atoms with Crippen molar-refractivity contribution in [3.05, 3.63) is 0 Å². The van der Waals surface area contributed by atoms with Gasteiger partial charge in [-0.3, -0.25) is 4.57 Å². The first kappa shape index (κ1) is 13.4. The third-order valence-electron chi connectivity index (χ3n) is 1.09. The van der Waals surface area contributed by atoms with Crippen LogP contribution in [0.15, 0.2) is 0 Å². The van der Waals surface area contributed by atoms with E-state index < -0.39 is 25.4 Å². The fourth-order valence-electron chi connectivity index (χ4n) is 0.600. The van der Waals surface area contributed by atoms with E-state index in [1.807, 2.05) is 0 Å². The van der Waals surface area contributed by atoms with Crippen molar-refractivity contribution in [3.8, 4) is 0 Å². The van der Waals surface area contributed by atoms with Crippen LogP contribution in [0.1, 0.15) is 20.8 Å². The largest absolute Gasteiger partial charge is 0.449 e. The van der Waals surface area contributed by atoms with Crippen molar-refractivity contribution in [1.82, 2.24) is 5.32 Å². The summed E-state index contributed by atoms with van der Waals surface area (Å²) in [5.41, 5.74) is -0.417. The van der Waals surface area contributed by atoms with Crippen molar-refractivity contribution in [2.75, 3.05) is 12.8 Å².